The predicted molar refractivity (Wildman–Crippen MR) is 74.8 cm³/mol. The standard InChI is InChI=1S/C13H26N4O2/c1-5-15-13(19)11-8-14-6-7-17(11)10(4)12(18)16-9(2)3/h9-11,14H,5-8H2,1-4H3,(H,15,19)(H,16,18). The minimum absolute atomic E-state index is 0.0149. The molecular formula is C13H26N4O2. The normalized spacial score (nSPS) is 22.1. The van der Waals surface area contributed by atoms with Crippen molar-refractivity contribution < 1.29 is 9.59 Å². The Kier molecular flexibility index (Phi) is 6.24. The van der Waals surface area contributed by atoms with Crippen molar-refractivity contribution in [1.82, 2.24) is 20.9 Å². The van der Waals surface area contributed by atoms with Crippen LogP contribution < -0.4 is 16.0 Å². The zero-order valence-electron chi connectivity index (χ0n) is 12.3. The fraction of sp³-hybridized carbons (Fsp3) is 0.846. The molecule has 0 radical (unpaired) electrons. The molecule has 19 heavy (non-hydrogen) atoms. The molecule has 1 rings (SSSR count). The van der Waals surface area contributed by atoms with E-state index >= 15 is 0 Å². The Morgan fingerprint density at radius 2 is 2.05 bits per heavy atom. The summed E-state index contributed by atoms with van der Waals surface area (Å²) in [6.45, 7) is 10.3. The highest BCUT2D eigenvalue weighted by Gasteiger charge is 2.34. The molecule has 110 valence electrons. The van der Waals surface area contributed by atoms with Crippen LogP contribution in [0.1, 0.15) is 27.7 Å². The Bertz CT molecular complexity index is 320. The minimum Gasteiger partial charge on any atom is -0.355 e. The first-order chi connectivity index (χ1) is 8.97. The highest BCUT2D eigenvalue weighted by molar-refractivity contribution is 5.85. The topological polar surface area (TPSA) is 73.5 Å². The molecule has 1 aliphatic rings. The SMILES string of the molecule is CCNC(=O)C1CNCCN1C(C)C(=O)NC(C)C. The molecule has 0 aromatic rings. The monoisotopic (exact) mass is 270 g/mol. The maximum atomic E-state index is 12.1. The van der Waals surface area contributed by atoms with Crippen LogP contribution in [-0.4, -0.2) is 61.0 Å². The van der Waals surface area contributed by atoms with Gasteiger partial charge in [-0.25, -0.2) is 0 Å². The maximum Gasteiger partial charge on any atom is 0.238 e. The van der Waals surface area contributed by atoms with Crippen LogP contribution in [0.5, 0.6) is 0 Å². The van der Waals surface area contributed by atoms with Crippen LogP contribution in [0, 0.1) is 0 Å². The van der Waals surface area contributed by atoms with Crippen LogP contribution in [0.2, 0.25) is 0 Å². The lowest BCUT2D eigenvalue weighted by molar-refractivity contribution is -0.133. The molecule has 0 aromatic carbocycles. The first kappa shape index (κ1) is 15.9. The van der Waals surface area contributed by atoms with Gasteiger partial charge in [0.1, 0.15) is 6.04 Å². The lowest BCUT2D eigenvalue weighted by Gasteiger charge is -2.38. The van der Waals surface area contributed by atoms with E-state index in [1.807, 2.05) is 32.6 Å². The maximum absolute atomic E-state index is 12.1. The molecule has 0 aromatic heterocycles. The quantitative estimate of drug-likeness (QED) is 0.618. The van der Waals surface area contributed by atoms with Crippen molar-refractivity contribution in [3.63, 3.8) is 0 Å². The highest BCUT2D eigenvalue weighted by atomic mass is 16.2. The molecular weight excluding hydrogens is 244 g/mol. The summed E-state index contributed by atoms with van der Waals surface area (Å²) in [4.78, 5) is 26.1. The zero-order valence-corrected chi connectivity index (χ0v) is 12.3. The molecule has 0 spiro atoms. The second-order valence-corrected chi connectivity index (χ2v) is 5.19. The van der Waals surface area contributed by atoms with E-state index in [0.717, 1.165) is 6.54 Å². The van der Waals surface area contributed by atoms with E-state index in [0.29, 0.717) is 19.6 Å². The third-order valence-corrected chi connectivity index (χ3v) is 3.25. The number of likely N-dealkylation sites (N-methyl/N-ethyl adjacent to an activating group) is 1. The van der Waals surface area contributed by atoms with E-state index in [1.54, 1.807) is 0 Å². The number of amides is 2. The molecule has 1 fully saturated rings. The van der Waals surface area contributed by atoms with Gasteiger partial charge in [0, 0.05) is 32.2 Å². The summed E-state index contributed by atoms with van der Waals surface area (Å²) in [5.41, 5.74) is 0. The summed E-state index contributed by atoms with van der Waals surface area (Å²) >= 11 is 0. The number of carbonyl (C=O) groups excluding carboxylic acids is 2. The van der Waals surface area contributed by atoms with E-state index in [1.165, 1.54) is 0 Å². The summed E-state index contributed by atoms with van der Waals surface area (Å²) < 4.78 is 0. The van der Waals surface area contributed by atoms with Gasteiger partial charge in [0.15, 0.2) is 0 Å². The summed E-state index contributed by atoms with van der Waals surface area (Å²) in [6, 6.07) is -0.459. The van der Waals surface area contributed by atoms with Gasteiger partial charge in [-0.15, -0.1) is 0 Å². The van der Waals surface area contributed by atoms with E-state index < -0.39 is 0 Å². The predicted octanol–water partition coefficient (Wildman–Crippen LogP) is -0.691. The highest BCUT2D eigenvalue weighted by Crippen LogP contribution is 2.09. The van der Waals surface area contributed by atoms with Gasteiger partial charge in [0.25, 0.3) is 0 Å². The van der Waals surface area contributed by atoms with Gasteiger partial charge in [-0.05, 0) is 27.7 Å². The molecule has 2 atom stereocenters. The van der Waals surface area contributed by atoms with Crippen molar-refractivity contribution in [1.29, 1.82) is 0 Å². The van der Waals surface area contributed by atoms with E-state index in [4.69, 9.17) is 0 Å². The fourth-order valence-electron chi connectivity index (χ4n) is 2.27. The number of hydrogen-bond donors (Lipinski definition) is 3. The van der Waals surface area contributed by atoms with Gasteiger partial charge >= 0.3 is 0 Å². The Labute approximate surface area is 115 Å². The van der Waals surface area contributed by atoms with Crippen molar-refractivity contribution in [3.05, 3.63) is 0 Å². The molecule has 2 amide bonds. The third kappa shape index (κ3) is 4.47. The largest absolute Gasteiger partial charge is 0.355 e. The smallest absolute Gasteiger partial charge is 0.238 e. The van der Waals surface area contributed by atoms with Crippen LogP contribution in [-0.2, 0) is 9.59 Å². The average molecular weight is 270 g/mol. The van der Waals surface area contributed by atoms with Crippen molar-refractivity contribution >= 4 is 11.8 Å². The Balaban J connectivity index is 2.70. The van der Waals surface area contributed by atoms with Crippen LogP contribution in [0.15, 0.2) is 0 Å². The van der Waals surface area contributed by atoms with Crippen LogP contribution >= 0.6 is 0 Å². The Morgan fingerprint density at radius 3 is 2.63 bits per heavy atom. The van der Waals surface area contributed by atoms with Crippen molar-refractivity contribution in [2.24, 2.45) is 0 Å². The molecule has 1 heterocycles. The van der Waals surface area contributed by atoms with Gasteiger partial charge in [0.2, 0.25) is 11.8 Å². The number of nitrogens with zero attached hydrogens (tertiary/aromatic N) is 1. The van der Waals surface area contributed by atoms with Gasteiger partial charge in [-0.3, -0.25) is 14.5 Å². The number of piperazine rings is 1. The third-order valence-electron chi connectivity index (χ3n) is 3.25. The summed E-state index contributed by atoms with van der Waals surface area (Å²) in [6.07, 6.45) is 0. The zero-order chi connectivity index (χ0) is 14.4. The van der Waals surface area contributed by atoms with Gasteiger partial charge in [-0.1, -0.05) is 0 Å². The molecule has 3 N–H and O–H groups in total. The van der Waals surface area contributed by atoms with Gasteiger partial charge in [0.05, 0.1) is 6.04 Å². The average Bonchev–Trinajstić information content (AvgIpc) is 2.37. The fourth-order valence-corrected chi connectivity index (χ4v) is 2.27. The first-order valence-corrected chi connectivity index (χ1v) is 7.01. The molecule has 1 saturated heterocycles. The summed E-state index contributed by atoms with van der Waals surface area (Å²) in [5, 5.41) is 8.93. The molecule has 6 nitrogen and oxygen atoms in total. The summed E-state index contributed by atoms with van der Waals surface area (Å²) in [5.74, 6) is -0.0369. The molecule has 2 unspecified atom stereocenters. The van der Waals surface area contributed by atoms with Gasteiger partial charge < -0.3 is 16.0 Å². The van der Waals surface area contributed by atoms with Crippen molar-refractivity contribution in [2.45, 2.75) is 45.8 Å². The van der Waals surface area contributed by atoms with E-state index in [-0.39, 0.29) is 29.9 Å². The molecule has 0 bridgehead atoms. The lowest BCUT2D eigenvalue weighted by atomic mass is 10.1. The van der Waals surface area contributed by atoms with Crippen LogP contribution in [0.4, 0.5) is 0 Å². The number of nitrogens with one attached hydrogen (secondary N) is 3. The second-order valence-electron chi connectivity index (χ2n) is 5.19. The molecule has 0 aliphatic carbocycles. The van der Waals surface area contributed by atoms with E-state index in [2.05, 4.69) is 16.0 Å². The number of hydrogen-bond acceptors (Lipinski definition) is 4. The number of rotatable bonds is 5. The van der Waals surface area contributed by atoms with E-state index in [9.17, 15) is 9.59 Å². The molecule has 0 saturated carbocycles. The first-order valence-electron chi connectivity index (χ1n) is 7.01. The van der Waals surface area contributed by atoms with Crippen molar-refractivity contribution in [3.8, 4) is 0 Å². The summed E-state index contributed by atoms with van der Waals surface area (Å²) in [7, 11) is 0. The van der Waals surface area contributed by atoms with Crippen LogP contribution in [0.25, 0.3) is 0 Å². The van der Waals surface area contributed by atoms with Crippen molar-refractivity contribution in [2.75, 3.05) is 26.2 Å². The molecule has 1 aliphatic heterocycles. The van der Waals surface area contributed by atoms with Crippen LogP contribution in [0.3, 0.4) is 0 Å². The number of carbonyl (C=O) groups is 2. The lowest BCUT2D eigenvalue weighted by Crippen LogP contribution is -2.63. The minimum atomic E-state index is -0.294. The van der Waals surface area contributed by atoms with Gasteiger partial charge in [-0.2, -0.15) is 0 Å². The second kappa shape index (κ2) is 7.45. The Morgan fingerprint density at radius 1 is 1.37 bits per heavy atom. The Hall–Kier alpha value is -1.14. The molecule has 6 heteroatoms.